The molecule has 0 radical (unpaired) electrons. The zero-order valence-electron chi connectivity index (χ0n) is 12.1. The second-order valence-corrected chi connectivity index (χ2v) is 6.27. The number of ether oxygens (including phenoxy) is 1. The summed E-state index contributed by atoms with van der Waals surface area (Å²) in [6.07, 6.45) is -4.57. The van der Waals surface area contributed by atoms with Crippen molar-refractivity contribution in [3.8, 4) is 0 Å². The molecular formula is C15H13ClF3NO4. The monoisotopic (exact) mass is 363 g/mol. The molecule has 24 heavy (non-hydrogen) atoms. The van der Waals surface area contributed by atoms with E-state index < -0.39 is 47.7 Å². The van der Waals surface area contributed by atoms with Crippen LogP contribution in [-0.2, 0) is 20.5 Å². The zero-order valence-corrected chi connectivity index (χ0v) is 12.9. The van der Waals surface area contributed by atoms with Crippen LogP contribution >= 0.6 is 11.6 Å². The number of fused-ring (bicyclic) bond motifs is 2. The number of hydrogen-bond donors (Lipinski definition) is 2. The van der Waals surface area contributed by atoms with Crippen LogP contribution in [0.15, 0.2) is 18.2 Å². The highest BCUT2D eigenvalue weighted by atomic mass is 35.5. The summed E-state index contributed by atoms with van der Waals surface area (Å²) in [6, 6.07) is 2.56. The van der Waals surface area contributed by atoms with Crippen LogP contribution < -0.4 is 5.32 Å². The summed E-state index contributed by atoms with van der Waals surface area (Å²) in [7, 11) is 0. The van der Waals surface area contributed by atoms with Crippen LogP contribution in [0.2, 0.25) is 5.02 Å². The normalized spacial score (nSPS) is 28.8. The van der Waals surface area contributed by atoms with E-state index in [0.29, 0.717) is 12.8 Å². The molecular weight excluding hydrogens is 351 g/mol. The smallest absolute Gasteiger partial charge is 0.416 e. The molecule has 1 amide bonds. The third-order valence-electron chi connectivity index (χ3n) is 4.41. The van der Waals surface area contributed by atoms with Crippen molar-refractivity contribution in [1.82, 2.24) is 0 Å². The van der Waals surface area contributed by atoms with Gasteiger partial charge < -0.3 is 15.2 Å². The van der Waals surface area contributed by atoms with Gasteiger partial charge in [0, 0.05) is 0 Å². The Balaban J connectivity index is 1.83. The van der Waals surface area contributed by atoms with Crippen LogP contribution in [-0.4, -0.2) is 29.2 Å². The SMILES string of the molecule is O=C(O)C1C2CCC(O2)C1C(=O)Nc1cc(C(F)(F)F)ccc1Cl. The van der Waals surface area contributed by atoms with Crippen LogP contribution in [0.3, 0.4) is 0 Å². The quantitative estimate of drug-likeness (QED) is 0.865. The highest BCUT2D eigenvalue weighted by Gasteiger charge is 2.55. The Bertz CT molecular complexity index is 694. The van der Waals surface area contributed by atoms with Gasteiger partial charge in [-0.2, -0.15) is 13.2 Å². The molecule has 2 fully saturated rings. The first-order chi connectivity index (χ1) is 11.2. The fraction of sp³-hybridized carbons (Fsp3) is 0.467. The molecule has 3 rings (SSSR count). The van der Waals surface area contributed by atoms with Gasteiger partial charge in [0.2, 0.25) is 5.91 Å². The number of halogens is 4. The Hall–Kier alpha value is -1.80. The number of rotatable bonds is 3. The van der Waals surface area contributed by atoms with Crippen LogP contribution in [0, 0.1) is 11.8 Å². The van der Waals surface area contributed by atoms with Crippen molar-refractivity contribution < 1.29 is 32.6 Å². The molecule has 2 saturated heterocycles. The highest BCUT2D eigenvalue weighted by molar-refractivity contribution is 6.33. The van der Waals surface area contributed by atoms with E-state index in [0.717, 1.165) is 18.2 Å². The van der Waals surface area contributed by atoms with Gasteiger partial charge in [0.05, 0.1) is 40.3 Å². The van der Waals surface area contributed by atoms with Crippen LogP contribution in [0.5, 0.6) is 0 Å². The molecule has 5 nitrogen and oxygen atoms in total. The van der Waals surface area contributed by atoms with Gasteiger partial charge in [-0.1, -0.05) is 11.6 Å². The van der Waals surface area contributed by atoms with E-state index >= 15 is 0 Å². The summed E-state index contributed by atoms with van der Waals surface area (Å²) >= 11 is 5.85. The number of benzene rings is 1. The molecule has 4 unspecified atom stereocenters. The maximum absolute atomic E-state index is 12.8. The molecule has 2 aliphatic heterocycles. The van der Waals surface area contributed by atoms with E-state index in [1.165, 1.54) is 0 Å². The fourth-order valence-electron chi connectivity index (χ4n) is 3.34. The molecule has 0 spiro atoms. The number of alkyl halides is 3. The van der Waals surface area contributed by atoms with Crippen molar-refractivity contribution in [2.75, 3.05) is 5.32 Å². The van der Waals surface area contributed by atoms with E-state index in [4.69, 9.17) is 16.3 Å². The summed E-state index contributed by atoms with van der Waals surface area (Å²) in [4.78, 5) is 23.8. The lowest BCUT2D eigenvalue weighted by atomic mass is 9.78. The van der Waals surface area contributed by atoms with Crippen molar-refractivity contribution >= 4 is 29.2 Å². The molecule has 2 bridgehead atoms. The van der Waals surface area contributed by atoms with E-state index in [1.807, 2.05) is 0 Å². The largest absolute Gasteiger partial charge is 0.481 e. The molecule has 4 atom stereocenters. The Kier molecular flexibility index (Phi) is 4.21. The number of hydrogen-bond acceptors (Lipinski definition) is 3. The second-order valence-electron chi connectivity index (χ2n) is 5.86. The Morgan fingerprint density at radius 2 is 1.83 bits per heavy atom. The summed E-state index contributed by atoms with van der Waals surface area (Å²) in [6.45, 7) is 0. The van der Waals surface area contributed by atoms with Crippen molar-refractivity contribution in [1.29, 1.82) is 0 Å². The predicted octanol–water partition coefficient (Wildman–Crippen LogP) is 3.18. The van der Waals surface area contributed by atoms with Gasteiger partial charge in [0.25, 0.3) is 0 Å². The van der Waals surface area contributed by atoms with Crippen LogP contribution in [0.4, 0.5) is 18.9 Å². The number of carboxylic acids is 1. The summed E-state index contributed by atoms with van der Waals surface area (Å²) in [5, 5.41) is 11.5. The summed E-state index contributed by atoms with van der Waals surface area (Å²) in [5.41, 5.74) is -1.16. The molecule has 2 N–H and O–H groups in total. The molecule has 1 aromatic rings. The van der Waals surface area contributed by atoms with Gasteiger partial charge in [-0.05, 0) is 31.0 Å². The lowest BCUT2D eigenvalue weighted by Gasteiger charge is -2.24. The number of anilines is 1. The first-order valence-corrected chi connectivity index (χ1v) is 7.62. The standard InChI is InChI=1S/C15H13ClF3NO4/c16-7-2-1-6(15(17,18)19)5-8(7)20-13(21)11-9-3-4-10(24-9)12(11)14(22)23/h1-2,5,9-12H,3-4H2,(H,20,21)(H,22,23). The lowest BCUT2D eigenvalue weighted by molar-refractivity contribution is -0.147. The van der Waals surface area contributed by atoms with E-state index in [1.54, 1.807) is 0 Å². The minimum Gasteiger partial charge on any atom is -0.481 e. The molecule has 0 aromatic heterocycles. The first-order valence-electron chi connectivity index (χ1n) is 7.24. The predicted molar refractivity (Wildman–Crippen MR) is 77.6 cm³/mol. The fourth-order valence-corrected chi connectivity index (χ4v) is 3.50. The van der Waals surface area contributed by atoms with Crippen molar-refractivity contribution in [2.24, 2.45) is 11.8 Å². The minimum atomic E-state index is -4.58. The van der Waals surface area contributed by atoms with E-state index in [2.05, 4.69) is 5.32 Å². The molecule has 0 saturated carbocycles. The number of carbonyl (C=O) groups excluding carboxylic acids is 1. The maximum atomic E-state index is 12.8. The first kappa shape index (κ1) is 17.0. The molecule has 1 aromatic carbocycles. The molecule has 130 valence electrons. The van der Waals surface area contributed by atoms with Crippen LogP contribution in [0.1, 0.15) is 18.4 Å². The third-order valence-corrected chi connectivity index (χ3v) is 4.74. The highest BCUT2D eigenvalue weighted by Crippen LogP contribution is 2.44. The van der Waals surface area contributed by atoms with Gasteiger partial charge in [0.1, 0.15) is 0 Å². The third kappa shape index (κ3) is 2.95. The average molecular weight is 364 g/mol. The molecule has 2 aliphatic rings. The Morgan fingerprint density at radius 1 is 1.21 bits per heavy atom. The Labute approximate surface area is 139 Å². The number of aliphatic carboxylic acids is 1. The molecule has 0 aliphatic carbocycles. The van der Waals surface area contributed by atoms with Gasteiger partial charge in [0.15, 0.2) is 0 Å². The van der Waals surface area contributed by atoms with Crippen molar-refractivity contribution in [3.63, 3.8) is 0 Å². The molecule has 2 heterocycles. The number of carboxylic acid groups (broad SMARTS) is 1. The van der Waals surface area contributed by atoms with E-state index in [9.17, 15) is 27.9 Å². The minimum absolute atomic E-state index is 0.0627. The zero-order chi connectivity index (χ0) is 17.6. The van der Waals surface area contributed by atoms with E-state index in [-0.39, 0.29) is 10.7 Å². The lowest BCUT2D eigenvalue weighted by Crippen LogP contribution is -2.41. The average Bonchev–Trinajstić information content (AvgIpc) is 3.08. The summed E-state index contributed by atoms with van der Waals surface area (Å²) in [5.74, 6) is -3.81. The number of nitrogens with one attached hydrogen (secondary N) is 1. The summed E-state index contributed by atoms with van der Waals surface area (Å²) < 4.78 is 43.8. The van der Waals surface area contributed by atoms with Gasteiger partial charge in [-0.3, -0.25) is 9.59 Å². The van der Waals surface area contributed by atoms with Crippen molar-refractivity contribution in [2.45, 2.75) is 31.2 Å². The molecule has 9 heteroatoms. The maximum Gasteiger partial charge on any atom is 0.416 e. The Morgan fingerprint density at radius 3 is 2.42 bits per heavy atom. The van der Waals surface area contributed by atoms with Gasteiger partial charge >= 0.3 is 12.1 Å². The number of carbonyl (C=O) groups is 2. The van der Waals surface area contributed by atoms with Gasteiger partial charge in [-0.25, -0.2) is 0 Å². The van der Waals surface area contributed by atoms with Crippen LogP contribution in [0.25, 0.3) is 0 Å². The van der Waals surface area contributed by atoms with Gasteiger partial charge in [-0.15, -0.1) is 0 Å². The second kappa shape index (κ2) is 5.93. The topological polar surface area (TPSA) is 75.6 Å². The number of amides is 1. The van der Waals surface area contributed by atoms with Crippen molar-refractivity contribution in [3.05, 3.63) is 28.8 Å².